The van der Waals surface area contributed by atoms with Gasteiger partial charge in [0.1, 0.15) is 5.54 Å². The summed E-state index contributed by atoms with van der Waals surface area (Å²) in [6.07, 6.45) is 8.19. The molecule has 2 aliphatic rings. The first-order valence-electron chi connectivity index (χ1n) is 7.33. The minimum atomic E-state index is -1.05. The van der Waals surface area contributed by atoms with Crippen molar-refractivity contribution in [2.24, 2.45) is 0 Å². The molecule has 0 spiro atoms. The number of nitrogens with zero attached hydrogens (tertiary/aromatic N) is 1. The summed E-state index contributed by atoms with van der Waals surface area (Å²) >= 11 is 0. The minimum absolute atomic E-state index is 0.228. The molecule has 0 aliphatic heterocycles. The molecule has 0 unspecified atom stereocenters. The van der Waals surface area contributed by atoms with Crippen molar-refractivity contribution in [2.45, 2.75) is 69.4 Å². The third-order valence-corrected chi connectivity index (χ3v) is 4.66. The van der Waals surface area contributed by atoms with E-state index in [1.165, 1.54) is 0 Å². The summed E-state index contributed by atoms with van der Waals surface area (Å²) in [4.78, 5) is 25.5. The molecule has 19 heavy (non-hydrogen) atoms. The highest BCUT2D eigenvalue weighted by Gasteiger charge is 2.41. The van der Waals surface area contributed by atoms with Crippen molar-refractivity contribution in [3.63, 3.8) is 0 Å². The van der Waals surface area contributed by atoms with Gasteiger partial charge in [0.05, 0.1) is 0 Å². The van der Waals surface area contributed by atoms with Gasteiger partial charge in [-0.05, 0) is 32.1 Å². The van der Waals surface area contributed by atoms with Gasteiger partial charge < -0.3 is 15.3 Å². The van der Waals surface area contributed by atoms with Crippen LogP contribution in [0.5, 0.6) is 0 Å². The zero-order chi connectivity index (χ0) is 13.9. The maximum Gasteiger partial charge on any atom is 0.329 e. The van der Waals surface area contributed by atoms with Crippen LogP contribution in [0.2, 0.25) is 0 Å². The highest BCUT2D eigenvalue weighted by atomic mass is 16.4. The minimum Gasteiger partial charge on any atom is -0.480 e. The maximum absolute atomic E-state index is 12.2. The van der Waals surface area contributed by atoms with Crippen LogP contribution in [0.15, 0.2) is 0 Å². The normalized spacial score (nSPS) is 23.0. The summed E-state index contributed by atoms with van der Waals surface area (Å²) in [6, 6.07) is 0.0608. The first kappa shape index (κ1) is 14.2. The molecule has 5 nitrogen and oxygen atoms in total. The van der Waals surface area contributed by atoms with Gasteiger partial charge in [-0.25, -0.2) is 9.59 Å². The number of hydrogen-bond donors (Lipinski definition) is 2. The van der Waals surface area contributed by atoms with E-state index in [2.05, 4.69) is 5.32 Å². The summed E-state index contributed by atoms with van der Waals surface area (Å²) in [5, 5.41) is 12.3. The Morgan fingerprint density at radius 1 is 1.11 bits per heavy atom. The molecule has 2 fully saturated rings. The fourth-order valence-corrected chi connectivity index (χ4v) is 2.96. The van der Waals surface area contributed by atoms with E-state index in [4.69, 9.17) is 0 Å². The number of carboxylic acids is 1. The summed E-state index contributed by atoms with van der Waals surface area (Å²) in [7, 11) is 1.77. The molecule has 0 saturated heterocycles. The third kappa shape index (κ3) is 3.01. The van der Waals surface area contributed by atoms with Crippen molar-refractivity contribution in [3.8, 4) is 0 Å². The Labute approximate surface area is 114 Å². The lowest BCUT2D eigenvalue weighted by Crippen LogP contribution is -2.59. The van der Waals surface area contributed by atoms with Crippen molar-refractivity contribution in [1.29, 1.82) is 0 Å². The average Bonchev–Trinajstić information content (AvgIpc) is 2.53. The molecule has 0 atom stereocenters. The Morgan fingerprint density at radius 3 is 2.11 bits per heavy atom. The van der Waals surface area contributed by atoms with Crippen LogP contribution in [0.3, 0.4) is 0 Å². The molecular formula is C14H24N2O3. The van der Waals surface area contributed by atoms with Crippen LogP contribution in [-0.2, 0) is 4.79 Å². The smallest absolute Gasteiger partial charge is 0.329 e. The molecule has 0 heterocycles. The number of urea groups is 1. The lowest BCUT2D eigenvalue weighted by Gasteiger charge is -2.38. The van der Waals surface area contributed by atoms with Gasteiger partial charge in [-0.2, -0.15) is 0 Å². The predicted octanol–water partition coefficient (Wildman–Crippen LogP) is 2.36. The molecule has 2 amide bonds. The number of hydrogen-bond acceptors (Lipinski definition) is 2. The molecule has 0 aromatic carbocycles. The van der Waals surface area contributed by atoms with Gasteiger partial charge in [-0.1, -0.05) is 25.7 Å². The molecule has 108 valence electrons. The van der Waals surface area contributed by atoms with Crippen LogP contribution in [0.4, 0.5) is 4.79 Å². The Balaban J connectivity index is 2.02. The van der Waals surface area contributed by atoms with Crippen LogP contribution in [-0.4, -0.2) is 40.6 Å². The van der Waals surface area contributed by atoms with Gasteiger partial charge >= 0.3 is 12.0 Å². The number of nitrogens with one attached hydrogen (secondary N) is 1. The molecule has 0 radical (unpaired) electrons. The Bertz CT molecular complexity index is 345. The van der Waals surface area contributed by atoms with E-state index in [9.17, 15) is 14.7 Å². The first-order chi connectivity index (χ1) is 9.05. The summed E-state index contributed by atoms with van der Waals surface area (Å²) in [6.45, 7) is 0. The molecular weight excluding hydrogens is 244 g/mol. The standard InChI is InChI=1S/C14H24N2O3/c1-16(11-7-6-8-11)13(19)15-14(12(17)18)9-4-2-3-5-10-14/h11H,2-10H2,1H3,(H,15,19)(H,17,18). The second-order valence-electron chi connectivity index (χ2n) is 5.93. The topological polar surface area (TPSA) is 69.6 Å². The van der Waals surface area contributed by atoms with Crippen molar-refractivity contribution >= 4 is 12.0 Å². The van der Waals surface area contributed by atoms with E-state index >= 15 is 0 Å². The van der Waals surface area contributed by atoms with Crippen molar-refractivity contribution in [2.75, 3.05) is 7.05 Å². The van der Waals surface area contributed by atoms with Crippen LogP contribution < -0.4 is 5.32 Å². The fourth-order valence-electron chi connectivity index (χ4n) is 2.96. The number of carbonyl (C=O) groups excluding carboxylic acids is 1. The molecule has 0 aromatic heterocycles. The zero-order valence-corrected chi connectivity index (χ0v) is 11.7. The summed E-state index contributed by atoms with van der Waals surface area (Å²) in [5.41, 5.74) is -1.05. The number of carbonyl (C=O) groups is 2. The average molecular weight is 268 g/mol. The van der Waals surface area contributed by atoms with Crippen LogP contribution in [0.25, 0.3) is 0 Å². The van der Waals surface area contributed by atoms with Gasteiger partial charge in [-0.3, -0.25) is 0 Å². The third-order valence-electron chi connectivity index (χ3n) is 4.66. The zero-order valence-electron chi connectivity index (χ0n) is 11.7. The molecule has 0 aromatic rings. The van der Waals surface area contributed by atoms with Crippen LogP contribution in [0, 0.1) is 0 Å². The van der Waals surface area contributed by atoms with E-state index < -0.39 is 11.5 Å². The van der Waals surface area contributed by atoms with Crippen molar-refractivity contribution < 1.29 is 14.7 Å². The monoisotopic (exact) mass is 268 g/mol. The summed E-state index contributed by atoms with van der Waals surface area (Å²) in [5.74, 6) is -0.884. The Hall–Kier alpha value is -1.26. The highest BCUT2D eigenvalue weighted by molar-refractivity contribution is 5.86. The van der Waals surface area contributed by atoms with E-state index in [1.54, 1.807) is 11.9 Å². The molecule has 2 rings (SSSR count). The molecule has 0 bridgehead atoms. The highest BCUT2D eigenvalue weighted by Crippen LogP contribution is 2.29. The number of aliphatic carboxylic acids is 1. The van der Waals surface area contributed by atoms with E-state index in [0.717, 1.165) is 44.9 Å². The number of carboxylic acid groups (broad SMARTS) is 1. The van der Waals surface area contributed by atoms with Crippen molar-refractivity contribution in [1.82, 2.24) is 10.2 Å². The van der Waals surface area contributed by atoms with Gasteiger partial charge in [0.2, 0.25) is 0 Å². The lowest BCUT2D eigenvalue weighted by atomic mass is 9.89. The van der Waals surface area contributed by atoms with Crippen LogP contribution >= 0.6 is 0 Å². The Morgan fingerprint density at radius 2 is 1.68 bits per heavy atom. The Kier molecular flexibility index (Phi) is 4.32. The molecule has 5 heteroatoms. The van der Waals surface area contributed by atoms with Gasteiger partial charge in [0.25, 0.3) is 0 Å². The quantitative estimate of drug-likeness (QED) is 0.772. The fraction of sp³-hybridized carbons (Fsp3) is 0.857. The first-order valence-corrected chi connectivity index (χ1v) is 7.33. The van der Waals surface area contributed by atoms with E-state index in [1.807, 2.05) is 0 Å². The van der Waals surface area contributed by atoms with Gasteiger partial charge in [-0.15, -0.1) is 0 Å². The number of rotatable bonds is 3. The van der Waals surface area contributed by atoms with Gasteiger partial charge in [0, 0.05) is 13.1 Å². The SMILES string of the molecule is CN(C(=O)NC1(C(=O)O)CCCCCC1)C1CCC1. The summed E-state index contributed by atoms with van der Waals surface area (Å²) < 4.78 is 0. The maximum atomic E-state index is 12.2. The van der Waals surface area contributed by atoms with E-state index in [0.29, 0.717) is 12.8 Å². The molecule has 2 saturated carbocycles. The molecule has 2 N–H and O–H groups in total. The largest absolute Gasteiger partial charge is 0.480 e. The van der Waals surface area contributed by atoms with Crippen LogP contribution in [0.1, 0.15) is 57.8 Å². The lowest BCUT2D eigenvalue weighted by molar-refractivity contribution is -0.145. The second kappa shape index (κ2) is 5.80. The van der Waals surface area contributed by atoms with E-state index in [-0.39, 0.29) is 12.1 Å². The number of amides is 2. The molecule has 2 aliphatic carbocycles. The predicted molar refractivity (Wildman–Crippen MR) is 72.0 cm³/mol. The second-order valence-corrected chi connectivity index (χ2v) is 5.93. The van der Waals surface area contributed by atoms with Gasteiger partial charge in [0.15, 0.2) is 0 Å². The van der Waals surface area contributed by atoms with Crippen molar-refractivity contribution in [3.05, 3.63) is 0 Å².